The van der Waals surface area contributed by atoms with E-state index in [4.69, 9.17) is 15.4 Å². The third-order valence-corrected chi connectivity index (χ3v) is 10.7. The van der Waals surface area contributed by atoms with E-state index >= 15 is 0 Å². The standard InChI is InChI=1S/C58H39NO/c1-4-14-40(15-5-1)42-24-26-45(27-25-42)50-20-10-12-22-54(50)59(49-34-30-43(31-35-49)41-16-6-2-7-17-41)55-36-32-48(38-52(55)44-18-8-3-9-19-44)47-29-28-46-33-37-57-58(53(46)39-47)51-21-11-13-23-56(51)60-57/h1-39H/i2D,3D,6D,7D,8D,9D,16D,17D,18D,19D,30D,31D,34D,35D. The van der Waals surface area contributed by atoms with Gasteiger partial charge in [0.2, 0.25) is 0 Å². The molecule has 282 valence electrons. The lowest BCUT2D eigenvalue weighted by atomic mass is 9.93. The number of hydrogen-bond acceptors (Lipinski definition) is 2. The molecule has 0 fully saturated rings. The van der Waals surface area contributed by atoms with Gasteiger partial charge in [-0.15, -0.1) is 0 Å². The molecule has 0 atom stereocenters. The van der Waals surface area contributed by atoms with Gasteiger partial charge in [0.25, 0.3) is 0 Å². The molecule has 2 heteroatoms. The monoisotopic (exact) mass is 779 g/mol. The minimum atomic E-state index is -0.715. The van der Waals surface area contributed by atoms with Crippen molar-refractivity contribution < 1.29 is 23.6 Å². The van der Waals surface area contributed by atoms with E-state index in [9.17, 15) is 8.22 Å². The van der Waals surface area contributed by atoms with Crippen LogP contribution in [0.15, 0.2) is 241 Å². The van der Waals surface area contributed by atoms with E-state index < -0.39 is 95.7 Å². The van der Waals surface area contributed by atoms with Crippen LogP contribution in [-0.2, 0) is 0 Å². The molecule has 10 aromatic carbocycles. The topological polar surface area (TPSA) is 16.4 Å². The normalized spacial score (nSPS) is 14.6. The van der Waals surface area contributed by atoms with E-state index in [-0.39, 0.29) is 22.5 Å². The highest BCUT2D eigenvalue weighted by Gasteiger charge is 2.22. The van der Waals surface area contributed by atoms with Gasteiger partial charge in [-0.05, 0) is 104 Å². The molecule has 11 rings (SSSR count). The van der Waals surface area contributed by atoms with Crippen molar-refractivity contribution in [2.75, 3.05) is 4.90 Å². The van der Waals surface area contributed by atoms with Gasteiger partial charge in [-0.3, -0.25) is 0 Å². The summed E-state index contributed by atoms with van der Waals surface area (Å²) >= 11 is 0. The van der Waals surface area contributed by atoms with E-state index in [0.717, 1.165) is 38.3 Å². The second kappa shape index (κ2) is 15.1. The Morgan fingerprint density at radius 1 is 0.350 bits per heavy atom. The maximum atomic E-state index is 9.81. The van der Waals surface area contributed by atoms with Crippen molar-refractivity contribution in [3.8, 4) is 55.6 Å². The Kier molecular flexibility index (Phi) is 5.90. The molecule has 2 nitrogen and oxygen atoms in total. The molecule has 1 heterocycles. The van der Waals surface area contributed by atoms with Crippen molar-refractivity contribution in [3.05, 3.63) is 236 Å². The molecule has 0 bridgehead atoms. The molecule has 0 aliphatic heterocycles. The zero-order valence-electron chi connectivity index (χ0n) is 45.8. The fourth-order valence-corrected chi connectivity index (χ4v) is 7.89. The highest BCUT2D eigenvalue weighted by molar-refractivity contribution is 6.19. The Bertz CT molecular complexity index is 4050. The van der Waals surface area contributed by atoms with Gasteiger partial charge in [0, 0.05) is 27.6 Å². The first-order valence-electron chi connectivity index (χ1n) is 26.4. The molecule has 0 saturated carbocycles. The molecule has 60 heavy (non-hydrogen) atoms. The number of rotatable bonds is 8. The molecule has 0 unspecified atom stereocenters. The summed E-state index contributed by atoms with van der Waals surface area (Å²) < 4.78 is 132. The molecule has 1 aromatic heterocycles. The highest BCUT2D eigenvalue weighted by Crippen LogP contribution is 2.47. The van der Waals surface area contributed by atoms with E-state index in [0.29, 0.717) is 33.5 Å². The number of nitrogens with zero attached hydrogens (tertiary/aromatic N) is 1. The average molecular weight is 780 g/mol. The van der Waals surface area contributed by atoms with E-state index in [1.807, 2.05) is 115 Å². The fraction of sp³-hybridized carbons (Fsp3) is 0. The zero-order chi connectivity index (χ0) is 52.0. The number of furan rings is 1. The van der Waals surface area contributed by atoms with Gasteiger partial charge in [0.1, 0.15) is 11.2 Å². The van der Waals surface area contributed by atoms with Gasteiger partial charge >= 0.3 is 0 Å². The quantitative estimate of drug-likeness (QED) is 0.153. The number of hydrogen-bond donors (Lipinski definition) is 0. The second-order valence-electron chi connectivity index (χ2n) is 14.2. The Hall–Kier alpha value is -7.94. The number of anilines is 3. The minimum Gasteiger partial charge on any atom is -0.456 e. The summed E-state index contributed by atoms with van der Waals surface area (Å²) in [4.78, 5) is 1.48. The van der Waals surface area contributed by atoms with Crippen LogP contribution in [0.1, 0.15) is 19.2 Å². The van der Waals surface area contributed by atoms with Crippen molar-refractivity contribution in [3.63, 3.8) is 0 Å². The van der Waals surface area contributed by atoms with Crippen LogP contribution in [0.3, 0.4) is 0 Å². The summed E-state index contributed by atoms with van der Waals surface area (Å²) in [6.45, 7) is 0. The summed E-state index contributed by atoms with van der Waals surface area (Å²) in [6.07, 6.45) is 0. The average Bonchev–Trinajstić information content (AvgIpc) is 3.82. The lowest BCUT2D eigenvalue weighted by Gasteiger charge is -2.30. The van der Waals surface area contributed by atoms with E-state index in [1.165, 1.54) is 4.90 Å². The van der Waals surface area contributed by atoms with Crippen LogP contribution in [0, 0.1) is 0 Å². The minimum absolute atomic E-state index is 0.0901. The molecule has 0 N–H and O–H groups in total. The summed E-state index contributed by atoms with van der Waals surface area (Å²) in [6, 6.07) is 38.1. The van der Waals surface area contributed by atoms with Gasteiger partial charge < -0.3 is 9.32 Å². The van der Waals surface area contributed by atoms with Crippen molar-refractivity contribution in [2.45, 2.75) is 0 Å². The molecule has 0 radical (unpaired) electrons. The second-order valence-corrected chi connectivity index (χ2v) is 14.2. The highest BCUT2D eigenvalue weighted by atomic mass is 16.3. The van der Waals surface area contributed by atoms with Crippen LogP contribution in [0.2, 0.25) is 0 Å². The van der Waals surface area contributed by atoms with Crippen LogP contribution >= 0.6 is 0 Å². The lowest BCUT2D eigenvalue weighted by Crippen LogP contribution is -2.12. The Morgan fingerprint density at radius 2 is 0.933 bits per heavy atom. The molecule has 0 amide bonds. The predicted octanol–water partition coefficient (Wildman–Crippen LogP) is 16.5. The molecule has 0 aliphatic rings. The summed E-state index contributed by atoms with van der Waals surface area (Å²) in [5.41, 5.74) is 4.81. The first-order chi connectivity index (χ1) is 35.6. The molecule has 0 spiro atoms. The van der Waals surface area contributed by atoms with Crippen LogP contribution in [0.25, 0.3) is 88.3 Å². The van der Waals surface area contributed by atoms with Crippen LogP contribution in [-0.4, -0.2) is 0 Å². The van der Waals surface area contributed by atoms with Crippen molar-refractivity contribution in [1.82, 2.24) is 0 Å². The van der Waals surface area contributed by atoms with Crippen molar-refractivity contribution >= 4 is 49.8 Å². The lowest BCUT2D eigenvalue weighted by molar-refractivity contribution is 0.669. The zero-order valence-corrected chi connectivity index (χ0v) is 31.8. The van der Waals surface area contributed by atoms with Crippen molar-refractivity contribution in [1.29, 1.82) is 0 Å². The van der Waals surface area contributed by atoms with Gasteiger partial charge in [0.15, 0.2) is 0 Å². The van der Waals surface area contributed by atoms with Gasteiger partial charge in [-0.2, -0.15) is 0 Å². The number of fused-ring (bicyclic) bond motifs is 5. The molecule has 11 aromatic rings. The molecule has 0 saturated heterocycles. The number of benzene rings is 10. The SMILES string of the molecule is [2H]c1c([2H])c([2H])c(-c2cc(-c3ccc4ccc5oc6ccccc6c5c4c3)ccc2N(c2ccccc2-c2ccc(-c3ccccc3)cc2)c2c([2H])c([2H])c(-c3c([2H])c([2H])c([2H])c([2H])c3[2H])c([2H])c2[2H])c([2H])c1[2H]. The summed E-state index contributed by atoms with van der Waals surface area (Å²) in [7, 11) is 0. The van der Waals surface area contributed by atoms with Gasteiger partial charge in [-0.25, -0.2) is 0 Å². The first-order valence-corrected chi connectivity index (χ1v) is 19.4. The summed E-state index contributed by atoms with van der Waals surface area (Å²) in [5.74, 6) is 0. The largest absolute Gasteiger partial charge is 0.456 e. The van der Waals surface area contributed by atoms with Gasteiger partial charge in [-0.1, -0.05) is 188 Å². The van der Waals surface area contributed by atoms with Crippen LogP contribution < -0.4 is 4.90 Å². The molecule has 0 aliphatic carbocycles. The predicted molar refractivity (Wildman–Crippen MR) is 253 cm³/mol. The Labute approximate surface area is 369 Å². The third-order valence-electron chi connectivity index (χ3n) is 10.7. The molecular formula is C58H39NO. The number of para-hydroxylation sites is 2. The third kappa shape index (κ3) is 6.41. The van der Waals surface area contributed by atoms with Crippen LogP contribution in [0.4, 0.5) is 17.1 Å². The van der Waals surface area contributed by atoms with Crippen LogP contribution in [0.5, 0.6) is 0 Å². The Morgan fingerprint density at radius 3 is 1.73 bits per heavy atom. The molecular weight excluding hydrogens is 727 g/mol. The Balaban J connectivity index is 1.22. The summed E-state index contributed by atoms with van der Waals surface area (Å²) in [5, 5.41) is 3.64. The smallest absolute Gasteiger partial charge is 0.136 e. The van der Waals surface area contributed by atoms with Crippen molar-refractivity contribution in [2.24, 2.45) is 0 Å². The van der Waals surface area contributed by atoms with Gasteiger partial charge in [0.05, 0.1) is 30.6 Å². The maximum Gasteiger partial charge on any atom is 0.136 e. The maximum absolute atomic E-state index is 9.81. The fourth-order valence-electron chi connectivity index (χ4n) is 7.89. The van der Waals surface area contributed by atoms with E-state index in [2.05, 4.69) is 0 Å². The first kappa shape index (κ1) is 23.5. The van der Waals surface area contributed by atoms with E-state index in [1.54, 1.807) is 36.4 Å².